The molecular weight excluding hydrogens is 179 g/mol. The van der Waals surface area contributed by atoms with E-state index >= 15 is 0 Å². The summed E-state index contributed by atoms with van der Waals surface area (Å²) in [6.45, 7) is 0. The average molecular weight is 182 g/mol. The number of rotatable bonds is 1. The Morgan fingerprint density at radius 2 is 1.50 bits per heavy atom. The van der Waals surface area contributed by atoms with Gasteiger partial charge in [-0.25, -0.2) is 0 Å². The molecule has 38 valence electrons. The van der Waals surface area contributed by atoms with E-state index in [1.54, 1.807) is 0 Å². The fourth-order valence-corrected chi connectivity index (χ4v) is 0. The molecule has 6 heavy (non-hydrogen) atoms. The van der Waals surface area contributed by atoms with Crippen LogP contribution in [0.2, 0.25) is 0 Å². The van der Waals surface area contributed by atoms with Crippen molar-refractivity contribution in [1.82, 2.24) is 0 Å². The van der Waals surface area contributed by atoms with E-state index in [0.717, 1.165) is 0 Å². The first-order valence-corrected chi connectivity index (χ1v) is 7.11. The van der Waals surface area contributed by atoms with E-state index in [1.165, 1.54) is 0 Å². The molecule has 0 radical (unpaired) electrons. The second-order valence-corrected chi connectivity index (χ2v) is 10.8. The van der Waals surface area contributed by atoms with Crippen LogP contribution in [0.3, 0.4) is 0 Å². The van der Waals surface area contributed by atoms with Crippen LogP contribution in [0.25, 0.3) is 0 Å². The van der Waals surface area contributed by atoms with Gasteiger partial charge in [0, 0.05) is 5.38 Å². The van der Waals surface area contributed by atoms with Gasteiger partial charge in [-0.3, -0.25) is 0 Å². The Hall–Kier alpha value is 1.44. The molecule has 0 saturated carbocycles. The lowest BCUT2D eigenvalue weighted by Gasteiger charge is -1.97. The van der Waals surface area contributed by atoms with Crippen LogP contribution < -0.4 is 0 Å². The van der Waals surface area contributed by atoms with Crippen molar-refractivity contribution in [3.8, 4) is 0 Å². The summed E-state index contributed by atoms with van der Waals surface area (Å²) in [6, 6.07) is -2.35. The van der Waals surface area contributed by atoms with Crippen LogP contribution >= 0.6 is 45.9 Å². The van der Waals surface area contributed by atoms with Gasteiger partial charge in [0.25, 0.3) is 0 Å². The Morgan fingerprint density at radius 3 is 1.50 bits per heavy atom. The molecule has 0 spiro atoms. The van der Waals surface area contributed by atoms with Crippen LogP contribution in [0.5, 0.6) is 0 Å². The smallest absolute Gasteiger partial charge is 0.179 e. The molecule has 0 N–H and O–H groups in total. The van der Waals surface area contributed by atoms with Crippen molar-refractivity contribution in [2.45, 2.75) is 0 Å². The summed E-state index contributed by atoms with van der Waals surface area (Å²) >= 11 is 19.7. The summed E-state index contributed by atoms with van der Waals surface area (Å²) in [4.78, 5) is 0. The van der Waals surface area contributed by atoms with Crippen LogP contribution in [-0.2, 0) is 0 Å². The quantitative estimate of drug-likeness (QED) is 0.358. The molecule has 0 fully saturated rings. The van der Waals surface area contributed by atoms with E-state index in [4.69, 9.17) is 33.2 Å². The number of hydrogen-bond acceptors (Lipinski definition) is 1. The van der Waals surface area contributed by atoms with Gasteiger partial charge < -0.3 is 0 Å². The van der Waals surface area contributed by atoms with E-state index < -0.39 is 6.00 Å². The van der Waals surface area contributed by atoms with Gasteiger partial charge in [0.15, 0.2) is 0 Å². The Bertz CT molecular complexity index is 40.5. The zero-order valence-corrected chi connectivity index (χ0v) is 6.95. The van der Waals surface area contributed by atoms with Gasteiger partial charge in [-0.15, -0.1) is 33.2 Å². The van der Waals surface area contributed by atoms with Gasteiger partial charge in [-0.2, -0.15) is 12.6 Å². The van der Waals surface area contributed by atoms with Crippen molar-refractivity contribution in [2.24, 2.45) is 0 Å². The molecule has 0 saturated heterocycles. The van der Waals surface area contributed by atoms with Crippen molar-refractivity contribution in [1.29, 1.82) is 0 Å². The third-order valence-corrected chi connectivity index (χ3v) is 4.84. The third-order valence-electron chi connectivity index (χ3n) is 0.179. The summed E-state index contributed by atoms with van der Waals surface area (Å²) in [6.07, 6.45) is 0. The highest BCUT2D eigenvalue weighted by Gasteiger charge is 2.21. The van der Waals surface area contributed by atoms with E-state index in [-0.39, 0.29) is 0 Å². The molecule has 0 nitrogen and oxygen atoms in total. The Morgan fingerprint density at radius 1 is 1.33 bits per heavy atom. The highest BCUT2D eigenvalue weighted by atomic mass is 35.8. The lowest BCUT2D eigenvalue weighted by atomic mass is 11.9. The van der Waals surface area contributed by atoms with Crippen molar-refractivity contribution in [2.75, 3.05) is 5.38 Å². The zero-order chi connectivity index (χ0) is 5.21. The summed E-state index contributed by atoms with van der Waals surface area (Å²) in [5.41, 5.74) is 0. The Balaban J connectivity index is 3.17. The van der Waals surface area contributed by atoms with Gasteiger partial charge >= 0.3 is 6.00 Å². The summed E-state index contributed by atoms with van der Waals surface area (Å²) in [5, 5.41) is 0.400. The summed E-state index contributed by atoms with van der Waals surface area (Å²) in [5.74, 6) is 0. The predicted octanol–water partition coefficient (Wildman–Crippen LogP) is 2.11. The molecule has 0 aromatic rings. The van der Waals surface area contributed by atoms with E-state index in [2.05, 4.69) is 12.6 Å². The zero-order valence-electron chi connectivity index (χ0n) is 2.79. The van der Waals surface area contributed by atoms with Crippen molar-refractivity contribution in [3.05, 3.63) is 0 Å². The normalized spacial score (nSPS) is 12.0. The maximum atomic E-state index is 5.31. The molecular formula is CH3Cl3SSi. The predicted molar refractivity (Wildman–Crippen MR) is 37.2 cm³/mol. The minimum absolute atomic E-state index is 0.400. The number of halogens is 3. The molecule has 0 rings (SSSR count). The molecule has 0 aromatic carbocycles. The summed E-state index contributed by atoms with van der Waals surface area (Å²) < 4.78 is 0. The van der Waals surface area contributed by atoms with Gasteiger partial charge in [-0.05, 0) is 0 Å². The van der Waals surface area contributed by atoms with Gasteiger partial charge in [0.2, 0.25) is 0 Å². The second-order valence-electron chi connectivity index (χ2n) is 0.773. The van der Waals surface area contributed by atoms with Crippen molar-refractivity contribution < 1.29 is 0 Å². The largest absolute Gasteiger partial charge is 0.350 e. The third kappa shape index (κ3) is 5.44. The van der Waals surface area contributed by atoms with Gasteiger partial charge in [-0.1, -0.05) is 0 Å². The monoisotopic (exact) mass is 180 g/mol. The first-order valence-electron chi connectivity index (χ1n) is 1.24. The molecule has 0 aliphatic heterocycles. The highest BCUT2D eigenvalue weighted by molar-refractivity contribution is 7.88. The molecule has 0 unspecified atom stereocenters. The molecule has 0 aliphatic rings. The Labute approximate surface area is 57.3 Å². The van der Waals surface area contributed by atoms with Crippen molar-refractivity contribution in [3.63, 3.8) is 0 Å². The maximum absolute atomic E-state index is 5.31. The maximum Gasteiger partial charge on any atom is 0.350 e. The second kappa shape index (κ2) is 2.67. The van der Waals surface area contributed by atoms with E-state index in [1.807, 2.05) is 0 Å². The first kappa shape index (κ1) is 7.44. The lowest BCUT2D eigenvalue weighted by molar-refractivity contribution is 2.20. The van der Waals surface area contributed by atoms with Crippen LogP contribution in [0.4, 0.5) is 0 Å². The van der Waals surface area contributed by atoms with Gasteiger partial charge in [0.1, 0.15) is 0 Å². The van der Waals surface area contributed by atoms with Crippen LogP contribution in [0, 0.1) is 0 Å². The first-order chi connectivity index (χ1) is 2.56. The highest BCUT2D eigenvalue weighted by Crippen LogP contribution is 2.19. The average Bonchev–Trinajstić information content (AvgIpc) is 1.35. The fraction of sp³-hybridized carbons (Fsp3) is 1.00. The molecule has 5 heteroatoms. The number of hydrogen-bond donors (Lipinski definition) is 1. The van der Waals surface area contributed by atoms with Crippen LogP contribution in [0.1, 0.15) is 0 Å². The number of thiol groups is 1. The standard InChI is InChI=1S/CH3Cl3SSi/c2-6(3,4)1-5/h5H,1H2. The van der Waals surface area contributed by atoms with E-state index in [9.17, 15) is 0 Å². The molecule has 0 amide bonds. The summed E-state index contributed by atoms with van der Waals surface area (Å²) in [7, 11) is 0. The molecule has 0 atom stereocenters. The minimum Gasteiger partial charge on any atom is -0.179 e. The topological polar surface area (TPSA) is 0 Å². The van der Waals surface area contributed by atoms with Gasteiger partial charge in [0.05, 0.1) is 0 Å². The minimum atomic E-state index is -2.35. The lowest BCUT2D eigenvalue weighted by Crippen LogP contribution is -2.10. The molecule has 0 aliphatic carbocycles. The molecule has 0 heterocycles. The van der Waals surface area contributed by atoms with Crippen LogP contribution in [-0.4, -0.2) is 11.4 Å². The van der Waals surface area contributed by atoms with Crippen molar-refractivity contribution >= 4 is 51.9 Å². The van der Waals surface area contributed by atoms with E-state index in [0.29, 0.717) is 5.38 Å². The molecule has 0 bridgehead atoms. The molecule has 0 aromatic heterocycles. The SMILES string of the molecule is SC[Si](Cl)(Cl)Cl. The Kier molecular flexibility index (Phi) is 3.31. The van der Waals surface area contributed by atoms with Crippen LogP contribution in [0.15, 0.2) is 0 Å². The fourth-order valence-electron chi connectivity index (χ4n) is 0.